The highest BCUT2D eigenvalue weighted by atomic mass is 16.5. The molecular formula is C11H16N4O3. The smallest absolute Gasteiger partial charge is 0.310 e. The monoisotopic (exact) mass is 252 g/mol. The molecule has 0 saturated carbocycles. The number of aromatic nitrogens is 2. The van der Waals surface area contributed by atoms with Crippen molar-refractivity contribution in [3.8, 4) is 0 Å². The van der Waals surface area contributed by atoms with Gasteiger partial charge in [0, 0.05) is 26.3 Å². The number of methoxy groups -OCH3 is 1. The predicted octanol–water partition coefficient (Wildman–Crippen LogP) is -0.363. The molecule has 0 bridgehead atoms. The zero-order valence-corrected chi connectivity index (χ0v) is 10.4. The third-order valence-electron chi connectivity index (χ3n) is 3.07. The number of nitrogens with zero attached hydrogens (tertiary/aromatic N) is 3. The Hall–Kier alpha value is -2.05. The first kappa shape index (κ1) is 12.4. The molecule has 18 heavy (non-hydrogen) atoms. The van der Waals surface area contributed by atoms with Crippen LogP contribution < -0.4 is 5.73 Å². The molecule has 1 amide bonds. The van der Waals surface area contributed by atoms with Gasteiger partial charge < -0.3 is 15.4 Å². The zero-order valence-electron chi connectivity index (χ0n) is 10.4. The number of nitrogen functional groups attached to an aromatic ring is 1. The summed E-state index contributed by atoms with van der Waals surface area (Å²) in [6.07, 6.45) is 2.20. The van der Waals surface area contributed by atoms with Gasteiger partial charge in [0.25, 0.3) is 5.91 Å². The zero-order chi connectivity index (χ0) is 13.3. The summed E-state index contributed by atoms with van der Waals surface area (Å²) < 4.78 is 6.17. The molecule has 7 nitrogen and oxygen atoms in total. The summed E-state index contributed by atoms with van der Waals surface area (Å²) in [4.78, 5) is 25.1. The normalized spacial score (nSPS) is 19.0. The minimum Gasteiger partial charge on any atom is -0.469 e. The molecule has 0 radical (unpaired) electrons. The predicted molar refractivity (Wildman–Crippen MR) is 63.6 cm³/mol. The van der Waals surface area contributed by atoms with Crippen molar-refractivity contribution < 1.29 is 14.3 Å². The van der Waals surface area contributed by atoms with E-state index in [9.17, 15) is 9.59 Å². The van der Waals surface area contributed by atoms with E-state index >= 15 is 0 Å². The van der Waals surface area contributed by atoms with Gasteiger partial charge in [0.15, 0.2) is 5.69 Å². The fourth-order valence-corrected chi connectivity index (χ4v) is 2.13. The number of carbonyl (C=O) groups is 2. The first-order chi connectivity index (χ1) is 8.52. The lowest BCUT2D eigenvalue weighted by Gasteiger charge is -2.14. The van der Waals surface area contributed by atoms with Crippen molar-refractivity contribution in [3.05, 3.63) is 11.9 Å². The highest BCUT2D eigenvalue weighted by Gasteiger charge is 2.33. The third-order valence-corrected chi connectivity index (χ3v) is 3.07. The number of nitrogens with two attached hydrogens (primary N) is 1. The van der Waals surface area contributed by atoms with Crippen LogP contribution in [-0.4, -0.2) is 46.8 Å². The number of aryl methyl sites for hydroxylation is 1. The minimum absolute atomic E-state index is 0.237. The lowest BCUT2D eigenvalue weighted by molar-refractivity contribution is -0.144. The number of rotatable bonds is 2. The van der Waals surface area contributed by atoms with Crippen LogP contribution in [0.3, 0.4) is 0 Å². The molecule has 0 spiro atoms. The summed E-state index contributed by atoms with van der Waals surface area (Å²) in [6, 6.07) is 0. The van der Waals surface area contributed by atoms with Crippen LogP contribution in [0.2, 0.25) is 0 Å². The molecule has 98 valence electrons. The first-order valence-corrected chi connectivity index (χ1v) is 5.69. The molecule has 2 heterocycles. The van der Waals surface area contributed by atoms with E-state index in [4.69, 9.17) is 5.73 Å². The molecule has 0 aromatic carbocycles. The van der Waals surface area contributed by atoms with Gasteiger partial charge in [0.1, 0.15) is 0 Å². The fraction of sp³-hybridized carbons (Fsp3) is 0.545. The largest absolute Gasteiger partial charge is 0.469 e. The van der Waals surface area contributed by atoms with Crippen LogP contribution in [0, 0.1) is 5.92 Å². The molecule has 1 fully saturated rings. The van der Waals surface area contributed by atoms with Gasteiger partial charge >= 0.3 is 5.97 Å². The number of amides is 1. The average Bonchev–Trinajstić information content (AvgIpc) is 2.94. The van der Waals surface area contributed by atoms with E-state index in [0.29, 0.717) is 25.2 Å². The maximum Gasteiger partial charge on any atom is 0.310 e. The number of hydrogen-bond donors (Lipinski definition) is 1. The summed E-state index contributed by atoms with van der Waals surface area (Å²) in [7, 11) is 3.05. The van der Waals surface area contributed by atoms with Crippen LogP contribution in [0.5, 0.6) is 0 Å². The van der Waals surface area contributed by atoms with Crippen molar-refractivity contribution in [3.63, 3.8) is 0 Å². The van der Waals surface area contributed by atoms with Crippen LogP contribution in [0.25, 0.3) is 0 Å². The van der Waals surface area contributed by atoms with Crippen LogP contribution in [0.15, 0.2) is 6.20 Å². The van der Waals surface area contributed by atoms with Crippen molar-refractivity contribution in [1.82, 2.24) is 14.7 Å². The Labute approximate surface area is 104 Å². The van der Waals surface area contributed by atoms with Gasteiger partial charge in [-0.25, -0.2) is 0 Å². The Balaban J connectivity index is 2.08. The molecule has 1 aliphatic heterocycles. The molecule has 2 N–H and O–H groups in total. The maximum absolute atomic E-state index is 12.2. The standard InChI is InChI=1S/C11H16N4O3/c1-14-6-8(12)9(13-14)10(16)15-4-3-7(5-15)11(17)18-2/h6-7H,3-5,12H2,1-2H3. The Morgan fingerprint density at radius 2 is 2.28 bits per heavy atom. The third kappa shape index (κ3) is 2.15. The average molecular weight is 252 g/mol. The minimum atomic E-state index is -0.278. The number of anilines is 1. The highest BCUT2D eigenvalue weighted by molar-refractivity contribution is 5.97. The second-order valence-electron chi connectivity index (χ2n) is 4.37. The molecule has 1 aliphatic rings. The second kappa shape index (κ2) is 4.67. The fourth-order valence-electron chi connectivity index (χ4n) is 2.13. The Morgan fingerprint density at radius 3 is 2.83 bits per heavy atom. The molecule has 1 saturated heterocycles. The van der Waals surface area contributed by atoms with Crippen LogP contribution in [0.1, 0.15) is 16.9 Å². The Bertz CT molecular complexity index is 483. The first-order valence-electron chi connectivity index (χ1n) is 5.69. The van der Waals surface area contributed by atoms with Crippen LogP contribution in [0.4, 0.5) is 5.69 Å². The van der Waals surface area contributed by atoms with Gasteiger partial charge in [-0.05, 0) is 6.42 Å². The quantitative estimate of drug-likeness (QED) is 0.726. The molecular weight excluding hydrogens is 236 g/mol. The van der Waals surface area contributed by atoms with E-state index in [1.165, 1.54) is 11.8 Å². The topological polar surface area (TPSA) is 90.5 Å². The van der Waals surface area contributed by atoms with Crippen LogP contribution >= 0.6 is 0 Å². The van der Waals surface area contributed by atoms with Crippen molar-refractivity contribution in [1.29, 1.82) is 0 Å². The van der Waals surface area contributed by atoms with Gasteiger partial charge in [-0.3, -0.25) is 14.3 Å². The summed E-state index contributed by atoms with van der Waals surface area (Å²) in [5.74, 6) is -0.761. The Kier molecular flexibility index (Phi) is 3.22. The Morgan fingerprint density at radius 1 is 1.56 bits per heavy atom. The van der Waals surface area contributed by atoms with E-state index in [-0.39, 0.29) is 23.5 Å². The van der Waals surface area contributed by atoms with Crippen molar-refractivity contribution in [2.24, 2.45) is 13.0 Å². The van der Waals surface area contributed by atoms with Crippen LogP contribution in [-0.2, 0) is 16.6 Å². The van der Waals surface area contributed by atoms with E-state index in [1.54, 1.807) is 18.1 Å². The van der Waals surface area contributed by atoms with Gasteiger partial charge in [-0.2, -0.15) is 5.10 Å². The second-order valence-corrected chi connectivity index (χ2v) is 4.37. The number of likely N-dealkylation sites (tertiary alicyclic amines) is 1. The summed E-state index contributed by atoms with van der Waals surface area (Å²) >= 11 is 0. The molecule has 1 unspecified atom stereocenters. The lowest BCUT2D eigenvalue weighted by Crippen LogP contribution is -2.31. The SMILES string of the molecule is COC(=O)C1CCN(C(=O)c2nn(C)cc2N)C1. The molecule has 1 atom stereocenters. The molecule has 7 heteroatoms. The van der Waals surface area contributed by atoms with E-state index < -0.39 is 0 Å². The van der Waals surface area contributed by atoms with Crippen molar-refractivity contribution >= 4 is 17.6 Å². The highest BCUT2D eigenvalue weighted by Crippen LogP contribution is 2.21. The van der Waals surface area contributed by atoms with E-state index in [1.807, 2.05) is 0 Å². The summed E-state index contributed by atoms with van der Waals surface area (Å²) in [6.45, 7) is 0.885. The summed E-state index contributed by atoms with van der Waals surface area (Å²) in [5, 5.41) is 4.03. The lowest BCUT2D eigenvalue weighted by atomic mass is 10.1. The number of hydrogen-bond acceptors (Lipinski definition) is 5. The van der Waals surface area contributed by atoms with Crippen molar-refractivity contribution in [2.45, 2.75) is 6.42 Å². The molecule has 1 aromatic rings. The number of esters is 1. The molecule has 1 aromatic heterocycles. The maximum atomic E-state index is 12.2. The number of carbonyl (C=O) groups excluding carboxylic acids is 2. The van der Waals surface area contributed by atoms with E-state index in [0.717, 1.165) is 0 Å². The van der Waals surface area contributed by atoms with E-state index in [2.05, 4.69) is 9.84 Å². The van der Waals surface area contributed by atoms with Gasteiger partial charge in [-0.15, -0.1) is 0 Å². The van der Waals surface area contributed by atoms with Gasteiger partial charge in [0.05, 0.1) is 18.7 Å². The molecule has 0 aliphatic carbocycles. The summed E-state index contributed by atoms with van der Waals surface area (Å²) in [5.41, 5.74) is 6.30. The number of ether oxygens (including phenoxy) is 1. The van der Waals surface area contributed by atoms with Gasteiger partial charge in [0.2, 0.25) is 0 Å². The van der Waals surface area contributed by atoms with Crippen molar-refractivity contribution in [2.75, 3.05) is 25.9 Å². The van der Waals surface area contributed by atoms with Gasteiger partial charge in [-0.1, -0.05) is 0 Å². The molecule has 2 rings (SSSR count).